The van der Waals surface area contributed by atoms with Gasteiger partial charge in [-0.3, -0.25) is 28.8 Å². The number of hydrogen-bond donors (Lipinski definition) is 2. The van der Waals surface area contributed by atoms with Crippen LogP contribution in [0, 0.1) is 0 Å². The largest absolute Gasteiger partial charge is 0.467 e. The van der Waals surface area contributed by atoms with Crippen molar-refractivity contribution < 1.29 is 23.6 Å². The lowest BCUT2D eigenvalue weighted by Crippen LogP contribution is -2.35. The zero-order valence-electron chi connectivity index (χ0n) is 18.3. The van der Waals surface area contributed by atoms with E-state index in [2.05, 4.69) is 15.7 Å². The summed E-state index contributed by atoms with van der Waals surface area (Å²) in [6.07, 6.45) is 8.76. The minimum atomic E-state index is -0.479. The van der Waals surface area contributed by atoms with Crippen LogP contribution in [0.5, 0.6) is 0 Å². The van der Waals surface area contributed by atoms with Crippen molar-refractivity contribution in [3.05, 3.63) is 71.4 Å². The fraction of sp³-hybridized carbons (Fsp3) is 0.292. The third-order valence-electron chi connectivity index (χ3n) is 6.04. The molecule has 0 atom stereocenters. The van der Waals surface area contributed by atoms with Gasteiger partial charge in [0.05, 0.1) is 35.8 Å². The smallest absolute Gasteiger partial charge is 0.261 e. The van der Waals surface area contributed by atoms with E-state index in [0.717, 1.165) is 30.6 Å². The Kier molecular flexibility index (Phi) is 5.70. The van der Waals surface area contributed by atoms with E-state index in [1.54, 1.807) is 18.3 Å². The van der Waals surface area contributed by atoms with Crippen LogP contribution in [0.2, 0.25) is 0 Å². The summed E-state index contributed by atoms with van der Waals surface area (Å²) in [7, 11) is 0. The van der Waals surface area contributed by atoms with Gasteiger partial charge in [-0.05, 0) is 43.2 Å². The van der Waals surface area contributed by atoms with E-state index in [-0.39, 0.29) is 41.7 Å². The van der Waals surface area contributed by atoms with Gasteiger partial charge in [-0.25, -0.2) is 0 Å². The third kappa shape index (κ3) is 4.34. The molecule has 0 radical (unpaired) electrons. The predicted octanol–water partition coefficient (Wildman–Crippen LogP) is 2.58. The molecule has 1 aliphatic carbocycles. The van der Waals surface area contributed by atoms with Gasteiger partial charge in [0.2, 0.25) is 5.91 Å². The average Bonchev–Trinajstić information content (AvgIpc) is 3.62. The van der Waals surface area contributed by atoms with Crippen LogP contribution < -0.4 is 10.6 Å². The number of imide groups is 1. The first kappa shape index (κ1) is 21.6. The van der Waals surface area contributed by atoms with Crippen LogP contribution in [-0.4, -0.2) is 44.4 Å². The Hall–Kier alpha value is -4.21. The number of benzene rings is 1. The third-order valence-corrected chi connectivity index (χ3v) is 6.04. The summed E-state index contributed by atoms with van der Waals surface area (Å²) in [5, 5.41) is 9.84. The molecule has 10 nitrogen and oxygen atoms in total. The van der Waals surface area contributed by atoms with E-state index >= 15 is 0 Å². The second-order valence-electron chi connectivity index (χ2n) is 8.47. The van der Waals surface area contributed by atoms with Gasteiger partial charge < -0.3 is 15.1 Å². The number of nitrogens with one attached hydrogen (secondary N) is 2. The van der Waals surface area contributed by atoms with Crippen molar-refractivity contribution in [3.8, 4) is 0 Å². The molecule has 1 fully saturated rings. The molecule has 5 rings (SSSR count). The minimum Gasteiger partial charge on any atom is -0.467 e. The Morgan fingerprint density at radius 1 is 1.09 bits per heavy atom. The first-order valence-corrected chi connectivity index (χ1v) is 11.1. The van der Waals surface area contributed by atoms with Crippen molar-refractivity contribution in [3.63, 3.8) is 0 Å². The molecule has 2 N–H and O–H groups in total. The minimum absolute atomic E-state index is 0.0222. The van der Waals surface area contributed by atoms with Crippen LogP contribution >= 0.6 is 0 Å². The molecule has 34 heavy (non-hydrogen) atoms. The summed E-state index contributed by atoms with van der Waals surface area (Å²) >= 11 is 0. The van der Waals surface area contributed by atoms with E-state index in [9.17, 15) is 19.2 Å². The van der Waals surface area contributed by atoms with Gasteiger partial charge in [0.25, 0.3) is 17.7 Å². The van der Waals surface area contributed by atoms with Crippen LogP contribution in [-0.2, 0) is 17.9 Å². The molecule has 1 aliphatic heterocycles. The molecule has 4 amide bonds. The van der Waals surface area contributed by atoms with Gasteiger partial charge in [-0.15, -0.1) is 0 Å². The number of amides is 4. The molecule has 0 bridgehead atoms. The Morgan fingerprint density at radius 2 is 1.88 bits per heavy atom. The Bertz CT molecular complexity index is 1260. The van der Waals surface area contributed by atoms with Crippen molar-refractivity contribution in [1.82, 2.24) is 20.0 Å². The quantitative estimate of drug-likeness (QED) is 0.521. The van der Waals surface area contributed by atoms with Crippen LogP contribution in [0.4, 0.5) is 5.69 Å². The van der Waals surface area contributed by atoms with Gasteiger partial charge in [0, 0.05) is 17.8 Å². The van der Waals surface area contributed by atoms with Gasteiger partial charge in [0.15, 0.2) is 0 Å². The molecule has 0 saturated heterocycles. The normalized spacial score (nSPS) is 15.6. The lowest BCUT2D eigenvalue weighted by molar-refractivity contribution is -0.122. The van der Waals surface area contributed by atoms with Crippen molar-refractivity contribution in [2.45, 2.75) is 44.8 Å². The number of nitrogens with zero attached hydrogens (tertiary/aromatic N) is 3. The summed E-state index contributed by atoms with van der Waals surface area (Å²) < 4.78 is 6.69. The highest BCUT2D eigenvalue weighted by molar-refractivity contribution is 6.22. The first-order chi connectivity index (χ1) is 16.5. The maximum atomic E-state index is 12.8. The molecule has 1 aromatic carbocycles. The van der Waals surface area contributed by atoms with Crippen LogP contribution in [0.15, 0.2) is 53.4 Å². The van der Waals surface area contributed by atoms with Gasteiger partial charge >= 0.3 is 0 Å². The molecule has 2 aliphatic rings. The number of rotatable bonds is 7. The Morgan fingerprint density at radius 3 is 2.65 bits per heavy atom. The monoisotopic (exact) mass is 461 g/mol. The average molecular weight is 461 g/mol. The second-order valence-corrected chi connectivity index (χ2v) is 8.47. The van der Waals surface area contributed by atoms with Gasteiger partial charge in [0.1, 0.15) is 12.3 Å². The van der Waals surface area contributed by atoms with Crippen LogP contribution in [0.1, 0.15) is 62.5 Å². The fourth-order valence-electron chi connectivity index (χ4n) is 4.34. The van der Waals surface area contributed by atoms with Crippen LogP contribution in [0.25, 0.3) is 0 Å². The number of furan rings is 1. The van der Waals surface area contributed by atoms with Crippen molar-refractivity contribution in [1.29, 1.82) is 0 Å². The summed E-state index contributed by atoms with van der Waals surface area (Å²) in [4.78, 5) is 51.4. The Balaban J connectivity index is 1.23. The Labute approximate surface area is 194 Å². The second kappa shape index (κ2) is 8.97. The predicted molar refractivity (Wildman–Crippen MR) is 120 cm³/mol. The number of anilines is 1. The molecule has 174 valence electrons. The summed E-state index contributed by atoms with van der Waals surface area (Å²) in [6, 6.07) is 7.97. The highest BCUT2D eigenvalue weighted by atomic mass is 16.3. The van der Waals surface area contributed by atoms with Gasteiger partial charge in [-0.2, -0.15) is 5.10 Å². The van der Waals surface area contributed by atoms with E-state index in [0.29, 0.717) is 11.4 Å². The van der Waals surface area contributed by atoms with Gasteiger partial charge in [-0.1, -0.05) is 12.8 Å². The van der Waals surface area contributed by atoms with Crippen molar-refractivity contribution >= 4 is 29.3 Å². The molecular weight excluding hydrogens is 438 g/mol. The SMILES string of the molecule is O=C(Cn1cc(NC(=O)c2ccc3c(c2)C(=O)N(Cc2ccco2)C3=O)cn1)NC1CCCC1. The first-order valence-electron chi connectivity index (χ1n) is 11.1. The molecule has 2 aromatic heterocycles. The molecular formula is C24H23N5O5. The number of carbonyl (C=O) groups excluding carboxylic acids is 4. The van der Waals surface area contributed by atoms with Crippen molar-refractivity contribution in [2.75, 3.05) is 5.32 Å². The molecule has 0 unspecified atom stereocenters. The molecule has 3 heterocycles. The number of carbonyl (C=O) groups is 4. The zero-order valence-corrected chi connectivity index (χ0v) is 18.3. The van der Waals surface area contributed by atoms with E-state index in [1.165, 1.54) is 35.3 Å². The van der Waals surface area contributed by atoms with Crippen LogP contribution in [0.3, 0.4) is 0 Å². The van der Waals surface area contributed by atoms with E-state index in [1.807, 2.05) is 0 Å². The maximum Gasteiger partial charge on any atom is 0.261 e. The summed E-state index contributed by atoms with van der Waals surface area (Å²) in [5.41, 5.74) is 1.06. The number of fused-ring (bicyclic) bond motifs is 1. The summed E-state index contributed by atoms with van der Waals surface area (Å²) in [5.74, 6) is -0.995. The standard InChI is InChI=1S/C24H23N5O5/c30-21(26-16-4-1-2-5-16)14-28-12-17(11-25-28)27-22(31)15-7-8-19-20(10-15)24(33)29(23(19)32)13-18-6-3-9-34-18/h3,6-12,16H,1-2,4-5,13-14H2,(H,26,30)(H,27,31). The molecule has 1 saturated carbocycles. The summed E-state index contributed by atoms with van der Waals surface area (Å²) in [6.45, 7) is 0.0850. The lowest BCUT2D eigenvalue weighted by atomic mass is 10.1. The molecule has 10 heteroatoms. The molecule has 0 spiro atoms. The van der Waals surface area contributed by atoms with E-state index < -0.39 is 17.7 Å². The number of hydrogen-bond acceptors (Lipinski definition) is 6. The number of aromatic nitrogens is 2. The highest BCUT2D eigenvalue weighted by Crippen LogP contribution is 2.26. The fourth-order valence-corrected chi connectivity index (χ4v) is 4.34. The zero-order chi connectivity index (χ0) is 23.7. The van der Waals surface area contributed by atoms with E-state index in [4.69, 9.17) is 4.42 Å². The lowest BCUT2D eigenvalue weighted by Gasteiger charge is -2.11. The highest BCUT2D eigenvalue weighted by Gasteiger charge is 2.36. The topological polar surface area (TPSA) is 127 Å². The van der Waals surface area contributed by atoms with Crippen molar-refractivity contribution in [2.24, 2.45) is 0 Å². The molecule has 3 aromatic rings. The maximum absolute atomic E-state index is 12.8.